The van der Waals surface area contributed by atoms with Crippen LogP contribution < -0.4 is 21.1 Å². The minimum absolute atomic E-state index is 0.0150. The predicted molar refractivity (Wildman–Crippen MR) is 77.3 cm³/mol. The van der Waals surface area contributed by atoms with Crippen LogP contribution in [0.5, 0.6) is 5.75 Å². The van der Waals surface area contributed by atoms with E-state index in [4.69, 9.17) is 10.5 Å². The number of carbonyl (C=O) groups is 2. The maximum Gasteiger partial charge on any atom is 0.239 e. The lowest BCUT2D eigenvalue weighted by Crippen LogP contribution is -2.40. The fraction of sp³-hybridized carbons (Fsp3) is 0.429. The summed E-state index contributed by atoms with van der Waals surface area (Å²) in [5.41, 5.74) is 6.21. The number of ether oxygens (including phenoxy) is 1. The Labute approximate surface area is 118 Å². The number of carbonyl (C=O) groups excluding carboxylic acids is 2. The standard InChI is InChI=1S/C14H21N3O3/c1-10(2)17-14(19)9-16-13(18)7-8-20-12-5-3-11(15)4-6-12/h3-6,10H,7-9,15H2,1-2H3,(H,16,18)(H,17,19). The van der Waals surface area contributed by atoms with Gasteiger partial charge >= 0.3 is 0 Å². The molecule has 0 fully saturated rings. The highest BCUT2D eigenvalue weighted by Crippen LogP contribution is 2.12. The van der Waals surface area contributed by atoms with E-state index in [2.05, 4.69) is 10.6 Å². The molecule has 0 spiro atoms. The van der Waals surface area contributed by atoms with Crippen molar-refractivity contribution in [2.45, 2.75) is 26.3 Å². The summed E-state index contributed by atoms with van der Waals surface area (Å²) in [6.45, 7) is 3.96. The van der Waals surface area contributed by atoms with Crippen LogP contribution in [0.3, 0.4) is 0 Å². The molecule has 4 N–H and O–H groups in total. The molecule has 1 aromatic rings. The van der Waals surface area contributed by atoms with Gasteiger partial charge in [0.05, 0.1) is 19.6 Å². The molecular weight excluding hydrogens is 258 g/mol. The number of nitrogen functional groups attached to an aromatic ring is 1. The largest absolute Gasteiger partial charge is 0.493 e. The van der Waals surface area contributed by atoms with Crippen molar-refractivity contribution in [3.8, 4) is 5.75 Å². The molecule has 6 nitrogen and oxygen atoms in total. The van der Waals surface area contributed by atoms with E-state index in [9.17, 15) is 9.59 Å². The summed E-state index contributed by atoms with van der Waals surface area (Å²) >= 11 is 0. The SMILES string of the molecule is CC(C)NC(=O)CNC(=O)CCOc1ccc(N)cc1. The van der Waals surface area contributed by atoms with E-state index in [0.717, 1.165) is 0 Å². The summed E-state index contributed by atoms with van der Waals surface area (Å²) in [4.78, 5) is 22.8. The number of benzene rings is 1. The van der Waals surface area contributed by atoms with Crippen molar-refractivity contribution in [3.63, 3.8) is 0 Å². The number of nitrogens with one attached hydrogen (secondary N) is 2. The smallest absolute Gasteiger partial charge is 0.239 e. The van der Waals surface area contributed by atoms with Gasteiger partial charge in [-0.05, 0) is 38.1 Å². The first-order valence-electron chi connectivity index (χ1n) is 6.52. The van der Waals surface area contributed by atoms with Crippen LogP contribution in [0.25, 0.3) is 0 Å². The lowest BCUT2D eigenvalue weighted by atomic mass is 10.3. The van der Waals surface area contributed by atoms with Gasteiger partial charge in [0.25, 0.3) is 0 Å². The summed E-state index contributed by atoms with van der Waals surface area (Å²) in [6, 6.07) is 7.00. The van der Waals surface area contributed by atoms with E-state index in [1.54, 1.807) is 24.3 Å². The van der Waals surface area contributed by atoms with Crippen LogP contribution in [-0.2, 0) is 9.59 Å². The molecule has 1 rings (SSSR count). The molecule has 0 saturated carbocycles. The second kappa shape index (κ2) is 8.04. The molecule has 0 bridgehead atoms. The van der Waals surface area contributed by atoms with E-state index < -0.39 is 0 Å². The van der Waals surface area contributed by atoms with Gasteiger partial charge in [-0.2, -0.15) is 0 Å². The van der Waals surface area contributed by atoms with Crippen LogP contribution in [0.2, 0.25) is 0 Å². The third kappa shape index (κ3) is 6.63. The number of hydrogen-bond donors (Lipinski definition) is 3. The molecule has 0 aliphatic rings. The van der Waals surface area contributed by atoms with E-state index >= 15 is 0 Å². The molecule has 6 heteroatoms. The molecule has 2 amide bonds. The second-order valence-corrected chi connectivity index (χ2v) is 4.67. The van der Waals surface area contributed by atoms with Gasteiger partial charge in [0.15, 0.2) is 0 Å². The molecule has 0 saturated heterocycles. The zero-order chi connectivity index (χ0) is 15.0. The molecule has 0 aromatic heterocycles. The number of anilines is 1. The van der Waals surface area contributed by atoms with E-state index in [1.807, 2.05) is 13.8 Å². The third-order valence-electron chi connectivity index (χ3n) is 2.37. The van der Waals surface area contributed by atoms with E-state index in [1.165, 1.54) is 0 Å². The van der Waals surface area contributed by atoms with Gasteiger partial charge in [-0.25, -0.2) is 0 Å². The molecule has 0 atom stereocenters. The van der Waals surface area contributed by atoms with Crippen LogP contribution in [0.1, 0.15) is 20.3 Å². The average molecular weight is 279 g/mol. The zero-order valence-electron chi connectivity index (χ0n) is 11.8. The summed E-state index contributed by atoms with van der Waals surface area (Å²) in [5, 5.41) is 5.22. The quantitative estimate of drug-likeness (QED) is 0.640. The van der Waals surface area contributed by atoms with Gasteiger partial charge in [-0.3, -0.25) is 9.59 Å². The molecule has 1 aromatic carbocycles. The molecule has 0 heterocycles. The fourth-order valence-corrected chi connectivity index (χ4v) is 1.47. The molecule has 0 aliphatic heterocycles. The van der Waals surface area contributed by atoms with Crippen molar-refractivity contribution < 1.29 is 14.3 Å². The summed E-state index contributed by atoms with van der Waals surface area (Å²) in [6.07, 6.45) is 0.194. The van der Waals surface area contributed by atoms with Gasteiger partial charge in [-0.1, -0.05) is 0 Å². The molecule has 0 aliphatic carbocycles. The third-order valence-corrected chi connectivity index (χ3v) is 2.37. The number of amides is 2. The minimum atomic E-state index is -0.223. The maximum atomic E-state index is 11.5. The van der Waals surface area contributed by atoms with Crippen molar-refractivity contribution >= 4 is 17.5 Å². The van der Waals surface area contributed by atoms with Gasteiger partial charge < -0.3 is 21.1 Å². The number of hydrogen-bond acceptors (Lipinski definition) is 4. The molecule has 0 radical (unpaired) electrons. The highest BCUT2D eigenvalue weighted by molar-refractivity contribution is 5.84. The summed E-state index contributed by atoms with van der Waals surface area (Å²) < 4.78 is 5.39. The van der Waals surface area contributed by atoms with Gasteiger partial charge in [-0.15, -0.1) is 0 Å². The van der Waals surface area contributed by atoms with Crippen LogP contribution in [0.15, 0.2) is 24.3 Å². The Balaban J connectivity index is 2.17. The van der Waals surface area contributed by atoms with Crippen molar-refractivity contribution in [2.75, 3.05) is 18.9 Å². The Kier molecular flexibility index (Phi) is 6.36. The highest BCUT2D eigenvalue weighted by atomic mass is 16.5. The monoisotopic (exact) mass is 279 g/mol. The van der Waals surface area contributed by atoms with Crippen molar-refractivity contribution in [2.24, 2.45) is 0 Å². The Bertz CT molecular complexity index is 443. The Hall–Kier alpha value is -2.24. The topological polar surface area (TPSA) is 93.5 Å². The molecule has 110 valence electrons. The van der Waals surface area contributed by atoms with Gasteiger partial charge in [0, 0.05) is 11.7 Å². The normalized spacial score (nSPS) is 10.2. The minimum Gasteiger partial charge on any atom is -0.493 e. The first-order chi connectivity index (χ1) is 9.47. The summed E-state index contributed by atoms with van der Waals surface area (Å²) in [5.74, 6) is 0.233. The molecular formula is C14H21N3O3. The lowest BCUT2D eigenvalue weighted by Gasteiger charge is -2.09. The Morgan fingerprint density at radius 2 is 1.85 bits per heavy atom. The lowest BCUT2D eigenvalue weighted by molar-refractivity contribution is -0.126. The molecule has 0 unspecified atom stereocenters. The predicted octanol–water partition coefficient (Wildman–Crippen LogP) is 0.679. The van der Waals surface area contributed by atoms with Crippen LogP contribution in [0, 0.1) is 0 Å². The first kappa shape index (κ1) is 15.8. The van der Waals surface area contributed by atoms with Crippen molar-refractivity contribution in [1.82, 2.24) is 10.6 Å². The first-order valence-corrected chi connectivity index (χ1v) is 6.52. The zero-order valence-corrected chi connectivity index (χ0v) is 11.8. The number of nitrogens with two attached hydrogens (primary N) is 1. The second-order valence-electron chi connectivity index (χ2n) is 4.67. The summed E-state index contributed by atoms with van der Waals surface area (Å²) in [7, 11) is 0. The maximum absolute atomic E-state index is 11.5. The Morgan fingerprint density at radius 1 is 1.20 bits per heavy atom. The highest BCUT2D eigenvalue weighted by Gasteiger charge is 2.06. The van der Waals surface area contributed by atoms with Crippen LogP contribution in [-0.4, -0.2) is 31.0 Å². The van der Waals surface area contributed by atoms with Crippen molar-refractivity contribution in [1.29, 1.82) is 0 Å². The van der Waals surface area contributed by atoms with Crippen LogP contribution >= 0.6 is 0 Å². The average Bonchev–Trinajstić information content (AvgIpc) is 2.38. The van der Waals surface area contributed by atoms with Gasteiger partial charge in [0.2, 0.25) is 11.8 Å². The number of rotatable bonds is 7. The van der Waals surface area contributed by atoms with Crippen LogP contribution in [0.4, 0.5) is 5.69 Å². The van der Waals surface area contributed by atoms with Crippen molar-refractivity contribution in [3.05, 3.63) is 24.3 Å². The fourth-order valence-electron chi connectivity index (χ4n) is 1.47. The van der Waals surface area contributed by atoms with Gasteiger partial charge in [0.1, 0.15) is 5.75 Å². The van der Waals surface area contributed by atoms with E-state index in [-0.39, 0.29) is 37.4 Å². The van der Waals surface area contributed by atoms with E-state index in [0.29, 0.717) is 11.4 Å². The molecule has 20 heavy (non-hydrogen) atoms. The Morgan fingerprint density at radius 3 is 2.45 bits per heavy atom.